The van der Waals surface area contributed by atoms with Crippen LogP contribution in [0.3, 0.4) is 0 Å². The molecular weight excluding hydrogens is 334 g/mol. The largest absolute Gasteiger partial charge is 0.488 e. The lowest BCUT2D eigenvalue weighted by molar-refractivity contribution is 0.0696. The monoisotopic (exact) mass is 342 g/mol. The normalized spacial score (nSPS) is 10.3. The maximum Gasteiger partial charge on any atom is 0.335 e. The molecular formula is C14H9BrF2O3. The molecule has 0 bridgehead atoms. The Balaban J connectivity index is 2.13. The topological polar surface area (TPSA) is 46.5 Å². The van der Waals surface area contributed by atoms with Crippen LogP contribution in [0.25, 0.3) is 0 Å². The number of benzene rings is 2. The molecule has 0 radical (unpaired) electrons. The molecule has 6 heteroatoms. The predicted octanol–water partition coefficient (Wildman–Crippen LogP) is 4.00. The van der Waals surface area contributed by atoms with E-state index in [0.29, 0.717) is 10.2 Å². The summed E-state index contributed by atoms with van der Waals surface area (Å²) in [4.78, 5) is 10.7. The van der Waals surface area contributed by atoms with E-state index in [1.807, 2.05) is 0 Å². The molecule has 0 fully saturated rings. The van der Waals surface area contributed by atoms with Crippen LogP contribution in [-0.4, -0.2) is 11.1 Å². The third kappa shape index (κ3) is 3.33. The molecule has 0 unspecified atom stereocenters. The fourth-order valence-electron chi connectivity index (χ4n) is 1.55. The van der Waals surface area contributed by atoms with Crippen molar-refractivity contribution in [1.29, 1.82) is 0 Å². The van der Waals surface area contributed by atoms with E-state index in [2.05, 4.69) is 15.9 Å². The van der Waals surface area contributed by atoms with E-state index >= 15 is 0 Å². The van der Waals surface area contributed by atoms with Gasteiger partial charge in [-0.2, -0.15) is 0 Å². The maximum absolute atomic E-state index is 13.7. The standard InChI is InChI=1S/C14H9BrF2O3/c15-11-6-10(16)3-4-13(11)20-7-9-2-1-8(14(18)19)5-12(9)17/h1-6H,7H2,(H,18,19). The lowest BCUT2D eigenvalue weighted by atomic mass is 10.1. The van der Waals surface area contributed by atoms with Gasteiger partial charge < -0.3 is 9.84 Å². The molecule has 0 aliphatic heterocycles. The van der Waals surface area contributed by atoms with Crippen LogP contribution in [0.15, 0.2) is 40.9 Å². The third-order valence-corrected chi connectivity index (χ3v) is 3.20. The molecule has 3 nitrogen and oxygen atoms in total. The summed E-state index contributed by atoms with van der Waals surface area (Å²) in [5.74, 6) is -1.91. The van der Waals surface area contributed by atoms with E-state index in [1.54, 1.807) is 0 Å². The summed E-state index contributed by atoms with van der Waals surface area (Å²) in [6, 6.07) is 7.45. The summed E-state index contributed by atoms with van der Waals surface area (Å²) < 4.78 is 32.3. The number of hydrogen-bond donors (Lipinski definition) is 1. The molecule has 0 aromatic heterocycles. The Labute approximate surface area is 121 Å². The Morgan fingerprint density at radius 2 is 1.95 bits per heavy atom. The van der Waals surface area contributed by atoms with Gasteiger partial charge in [-0.05, 0) is 46.3 Å². The van der Waals surface area contributed by atoms with Gasteiger partial charge in [0.05, 0.1) is 10.0 Å². The number of halogens is 3. The van der Waals surface area contributed by atoms with Gasteiger partial charge in [0.15, 0.2) is 0 Å². The smallest absolute Gasteiger partial charge is 0.335 e. The van der Waals surface area contributed by atoms with Crippen LogP contribution in [-0.2, 0) is 6.61 Å². The van der Waals surface area contributed by atoms with E-state index in [9.17, 15) is 13.6 Å². The van der Waals surface area contributed by atoms with Crippen molar-refractivity contribution in [2.24, 2.45) is 0 Å². The SMILES string of the molecule is O=C(O)c1ccc(COc2ccc(F)cc2Br)c(F)c1. The van der Waals surface area contributed by atoms with Gasteiger partial charge in [-0.25, -0.2) is 13.6 Å². The van der Waals surface area contributed by atoms with Crippen LogP contribution in [0.2, 0.25) is 0 Å². The van der Waals surface area contributed by atoms with Crippen molar-refractivity contribution in [3.8, 4) is 5.75 Å². The van der Waals surface area contributed by atoms with Crippen LogP contribution in [0, 0.1) is 11.6 Å². The Kier molecular flexibility index (Phi) is 4.34. The number of rotatable bonds is 4. The van der Waals surface area contributed by atoms with Crippen LogP contribution >= 0.6 is 15.9 Å². The van der Waals surface area contributed by atoms with E-state index in [4.69, 9.17) is 9.84 Å². The first-order valence-electron chi connectivity index (χ1n) is 5.57. The summed E-state index contributed by atoms with van der Waals surface area (Å²) in [5.41, 5.74) is 0.0837. The molecule has 0 spiro atoms. The van der Waals surface area contributed by atoms with Gasteiger partial charge >= 0.3 is 5.97 Å². The molecule has 0 aliphatic carbocycles. The van der Waals surface area contributed by atoms with Gasteiger partial charge in [-0.15, -0.1) is 0 Å². The summed E-state index contributed by atoms with van der Waals surface area (Å²) in [5, 5.41) is 8.73. The Bertz CT molecular complexity index is 659. The quantitative estimate of drug-likeness (QED) is 0.913. The molecule has 0 amide bonds. The first kappa shape index (κ1) is 14.5. The van der Waals surface area contributed by atoms with E-state index in [0.717, 1.165) is 6.07 Å². The van der Waals surface area contributed by atoms with E-state index in [1.165, 1.54) is 30.3 Å². The molecule has 104 valence electrons. The fraction of sp³-hybridized carbons (Fsp3) is 0.0714. The van der Waals surface area contributed by atoms with Crippen LogP contribution in [0.1, 0.15) is 15.9 Å². The molecule has 0 aliphatic rings. The van der Waals surface area contributed by atoms with Crippen molar-refractivity contribution in [2.45, 2.75) is 6.61 Å². The first-order chi connectivity index (χ1) is 9.47. The van der Waals surface area contributed by atoms with Crippen LogP contribution in [0.5, 0.6) is 5.75 Å². The second kappa shape index (κ2) is 6.00. The summed E-state index contributed by atoms with van der Waals surface area (Å²) in [6.45, 7) is -0.0873. The second-order valence-corrected chi connectivity index (χ2v) is 4.83. The van der Waals surface area contributed by atoms with Gasteiger partial charge in [0.25, 0.3) is 0 Å². The van der Waals surface area contributed by atoms with E-state index in [-0.39, 0.29) is 17.7 Å². The zero-order valence-corrected chi connectivity index (χ0v) is 11.7. The summed E-state index contributed by atoms with van der Waals surface area (Å²) in [7, 11) is 0. The van der Waals surface area contributed by atoms with Gasteiger partial charge in [-0.1, -0.05) is 6.07 Å². The van der Waals surface area contributed by atoms with Crippen LogP contribution < -0.4 is 4.74 Å². The van der Waals surface area contributed by atoms with Crippen molar-refractivity contribution in [1.82, 2.24) is 0 Å². The highest BCUT2D eigenvalue weighted by atomic mass is 79.9. The van der Waals surface area contributed by atoms with E-state index < -0.39 is 17.6 Å². The number of carboxylic acids is 1. The average Bonchev–Trinajstić information content (AvgIpc) is 2.38. The Morgan fingerprint density at radius 3 is 2.55 bits per heavy atom. The van der Waals surface area contributed by atoms with Gasteiger partial charge in [-0.3, -0.25) is 0 Å². The average molecular weight is 343 g/mol. The highest BCUT2D eigenvalue weighted by Gasteiger charge is 2.10. The second-order valence-electron chi connectivity index (χ2n) is 3.97. The zero-order valence-electron chi connectivity index (χ0n) is 10.1. The minimum atomic E-state index is -1.20. The molecule has 1 N–H and O–H groups in total. The number of aromatic carboxylic acids is 1. The van der Waals surface area contributed by atoms with Gasteiger partial charge in [0.2, 0.25) is 0 Å². The number of ether oxygens (including phenoxy) is 1. The Morgan fingerprint density at radius 1 is 1.20 bits per heavy atom. The van der Waals surface area contributed by atoms with Crippen molar-refractivity contribution in [3.05, 3.63) is 63.6 Å². The highest BCUT2D eigenvalue weighted by Crippen LogP contribution is 2.26. The molecule has 2 aromatic rings. The molecule has 0 saturated carbocycles. The number of hydrogen-bond acceptors (Lipinski definition) is 2. The summed E-state index contributed by atoms with van der Waals surface area (Å²) in [6.07, 6.45) is 0. The lowest BCUT2D eigenvalue weighted by Gasteiger charge is -2.09. The number of carboxylic acid groups (broad SMARTS) is 1. The molecule has 2 aromatic carbocycles. The molecule has 20 heavy (non-hydrogen) atoms. The zero-order chi connectivity index (χ0) is 14.7. The minimum Gasteiger partial charge on any atom is -0.488 e. The van der Waals surface area contributed by atoms with Gasteiger partial charge in [0.1, 0.15) is 24.0 Å². The fourth-order valence-corrected chi connectivity index (χ4v) is 2.01. The molecule has 0 atom stereocenters. The molecule has 0 heterocycles. The lowest BCUT2D eigenvalue weighted by Crippen LogP contribution is -2.02. The summed E-state index contributed by atoms with van der Waals surface area (Å²) >= 11 is 3.13. The van der Waals surface area contributed by atoms with Crippen LogP contribution in [0.4, 0.5) is 8.78 Å². The van der Waals surface area contributed by atoms with Crippen molar-refractivity contribution >= 4 is 21.9 Å². The Hall–Kier alpha value is -1.95. The van der Waals surface area contributed by atoms with Gasteiger partial charge in [0, 0.05) is 5.56 Å². The molecule has 2 rings (SSSR count). The first-order valence-corrected chi connectivity index (χ1v) is 6.36. The third-order valence-electron chi connectivity index (χ3n) is 2.58. The van der Waals surface area contributed by atoms with Crippen molar-refractivity contribution in [2.75, 3.05) is 0 Å². The predicted molar refractivity (Wildman–Crippen MR) is 71.8 cm³/mol. The van der Waals surface area contributed by atoms with Crippen molar-refractivity contribution < 1.29 is 23.4 Å². The van der Waals surface area contributed by atoms with Crippen molar-refractivity contribution in [3.63, 3.8) is 0 Å². The maximum atomic E-state index is 13.7. The molecule has 0 saturated heterocycles. The number of carbonyl (C=O) groups is 1. The minimum absolute atomic E-state index is 0.0873. The highest BCUT2D eigenvalue weighted by molar-refractivity contribution is 9.10.